The van der Waals surface area contributed by atoms with E-state index in [1.807, 2.05) is 28.2 Å². The molecule has 1 aromatic rings. The van der Waals surface area contributed by atoms with Crippen LogP contribution in [0.1, 0.15) is 18.7 Å². The highest BCUT2D eigenvalue weighted by Gasteiger charge is 2.22. The lowest BCUT2D eigenvalue weighted by Gasteiger charge is -2.20. The zero-order chi connectivity index (χ0) is 11.5. The topological polar surface area (TPSA) is 55.6 Å². The average molecular weight is 271 g/mol. The van der Waals surface area contributed by atoms with E-state index < -0.39 is 0 Å². The Bertz CT molecular complexity index is 359. The van der Waals surface area contributed by atoms with Crippen LogP contribution in [0.3, 0.4) is 0 Å². The molecule has 2 heterocycles. The van der Waals surface area contributed by atoms with E-state index in [2.05, 4.69) is 20.8 Å². The molecule has 1 aliphatic carbocycles. The molecule has 7 heteroatoms. The smallest absolute Gasteiger partial charge is 0.165 e. The number of rotatable bonds is 5. The minimum atomic E-state index is 0.664. The predicted molar refractivity (Wildman–Crippen MR) is 71.2 cm³/mol. The van der Waals surface area contributed by atoms with Crippen LogP contribution >= 0.6 is 23.5 Å². The van der Waals surface area contributed by atoms with Crippen molar-refractivity contribution < 1.29 is 0 Å². The van der Waals surface area contributed by atoms with Crippen molar-refractivity contribution in [2.45, 2.75) is 37.2 Å². The maximum atomic E-state index is 4.10. The quantitative estimate of drug-likeness (QED) is 0.854. The Kier molecular flexibility index (Phi) is 3.87. The third-order valence-corrected chi connectivity index (χ3v) is 5.82. The lowest BCUT2D eigenvalue weighted by molar-refractivity contribution is 0.541. The molecule has 1 aromatic heterocycles. The van der Waals surface area contributed by atoms with Crippen molar-refractivity contribution in [3.05, 3.63) is 5.82 Å². The summed E-state index contributed by atoms with van der Waals surface area (Å²) < 4.78 is 1.97. The molecule has 0 aromatic carbocycles. The highest BCUT2D eigenvalue weighted by molar-refractivity contribution is 8.06. The fourth-order valence-electron chi connectivity index (χ4n) is 1.85. The molecule has 1 saturated heterocycles. The summed E-state index contributed by atoms with van der Waals surface area (Å²) in [6.07, 6.45) is 2.60. The molecule has 0 radical (unpaired) electrons. The van der Waals surface area contributed by atoms with Gasteiger partial charge in [-0.2, -0.15) is 23.5 Å². The van der Waals surface area contributed by atoms with E-state index in [1.165, 1.54) is 30.1 Å². The molecular weight excluding hydrogens is 254 g/mol. The first-order valence-corrected chi connectivity index (χ1v) is 8.30. The van der Waals surface area contributed by atoms with Gasteiger partial charge in [0.15, 0.2) is 5.82 Å². The van der Waals surface area contributed by atoms with Crippen molar-refractivity contribution >= 4 is 23.5 Å². The number of aromatic nitrogens is 4. The first-order valence-electron chi connectivity index (χ1n) is 6.09. The number of thioether (sulfide) groups is 2. The van der Waals surface area contributed by atoms with Gasteiger partial charge < -0.3 is 5.32 Å². The first-order chi connectivity index (χ1) is 8.42. The van der Waals surface area contributed by atoms with E-state index in [0.29, 0.717) is 11.3 Å². The predicted octanol–water partition coefficient (Wildman–Crippen LogP) is 0.774. The van der Waals surface area contributed by atoms with Crippen LogP contribution in [0.25, 0.3) is 0 Å². The summed E-state index contributed by atoms with van der Waals surface area (Å²) in [5.74, 6) is 4.74. The van der Waals surface area contributed by atoms with Gasteiger partial charge in [-0.05, 0) is 23.3 Å². The molecule has 0 bridgehead atoms. The lowest BCUT2D eigenvalue weighted by Crippen LogP contribution is -2.25. The van der Waals surface area contributed by atoms with Crippen LogP contribution in [0.4, 0.5) is 0 Å². The molecule has 1 aliphatic heterocycles. The van der Waals surface area contributed by atoms with Crippen molar-refractivity contribution in [1.82, 2.24) is 25.5 Å². The molecule has 2 fully saturated rings. The van der Waals surface area contributed by atoms with Crippen LogP contribution in [0.5, 0.6) is 0 Å². The second kappa shape index (κ2) is 5.58. The van der Waals surface area contributed by atoms with Crippen molar-refractivity contribution in [3.8, 4) is 0 Å². The number of nitrogens with zero attached hydrogens (tertiary/aromatic N) is 4. The second-order valence-corrected chi connectivity index (χ2v) is 7.06. The van der Waals surface area contributed by atoms with Crippen LogP contribution < -0.4 is 5.32 Å². The Hall–Kier alpha value is -0.270. The van der Waals surface area contributed by atoms with Gasteiger partial charge in [-0.1, -0.05) is 0 Å². The highest BCUT2D eigenvalue weighted by atomic mass is 32.2. The summed E-state index contributed by atoms with van der Waals surface area (Å²) >= 11 is 4.09. The van der Waals surface area contributed by atoms with Crippen LogP contribution in [0, 0.1) is 0 Å². The van der Waals surface area contributed by atoms with Gasteiger partial charge in [0.25, 0.3) is 0 Å². The van der Waals surface area contributed by atoms with E-state index >= 15 is 0 Å². The summed E-state index contributed by atoms with van der Waals surface area (Å²) in [5, 5.41) is 16.1. The van der Waals surface area contributed by atoms with Gasteiger partial charge in [0, 0.05) is 28.6 Å². The average Bonchev–Trinajstić information content (AvgIpc) is 3.09. The maximum Gasteiger partial charge on any atom is 0.165 e. The number of nitrogens with one attached hydrogen (secondary N) is 1. The highest BCUT2D eigenvalue weighted by Crippen LogP contribution is 2.25. The maximum absolute atomic E-state index is 4.10. The Morgan fingerprint density at radius 2 is 2.29 bits per heavy atom. The van der Waals surface area contributed by atoms with E-state index in [0.717, 1.165) is 18.9 Å². The van der Waals surface area contributed by atoms with Gasteiger partial charge >= 0.3 is 0 Å². The van der Waals surface area contributed by atoms with Crippen LogP contribution in [0.2, 0.25) is 0 Å². The Morgan fingerprint density at radius 1 is 1.35 bits per heavy atom. The number of hydrogen-bond donors (Lipinski definition) is 1. The van der Waals surface area contributed by atoms with Crippen molar-refractivity contribution in [2.24, 2.45) is 0 Å². The molecule has 0 spiro atoms. The molecule has 5 nitrogen and oxygen atoms in total. The van der Waals surface area contributed by atoms with Gasteiger partial charge in [0.2, 0.25) is 0 Å². The van der Waals surface area contributed by atoms with Crippen molar-refractivity contribution in [2.75, 3.05) is 17.3 Å². The monoisotopic (exact) mass is 271 g/mol. The molecular formula is C10H17N5S2. The molecule has 1 atom stereocenters. The number of tetrazole rings is 1. The summed E-state index contributed by atoms with van der Waals surface area (Å²) in [7, 11) is 0. The van der Waals surface area contributed by atoms with Gasteiger partial charge in [-0.3, -0.25) is 0 Å². The lowest BCUT2D eigenvalue weighted by atomic mass is 10.4. The molecule has 94 valence electrons. The third-order valence-electron chi connectivity index (χ3n) is 2.99. The summed E-state index contributed by atoms with van der Waals surface area (Å²) in [6.45, 7) is 1.76. The molecule has 3 rings (SSSR count). The zero-order valence-electron chi connectivity index (χ0n) is 9.71. The molecule has 1 saturated carbocycles. The summed E-state index contributed by atoms with van der Waals surface area (Å²) in [4.78, 5) is 0. The molecule has 0 amide bonds. The Balaban J connectivity index is 1.55. The zero-order valence-corrected chi connectivity index (χ0v) is 11.3. The van der Waals surface area contributed by atoms with Gasteiger partial charge in [0.1, 0.15) is 0 Å². The van der Waals surface area contributed by atoms with Crippen LogP contribution in [0.15, 0.2) is 0 Å². The van der Waals surface area contributed by atoms with Gasteiger partial charge in [0.05, 0.1) is 13.1 Å². The molecule has 2 aliphatic rings. The fraction of sp³-hybridized carbons (Fsp3) is 0.900. The molecule has 1 N–H and O–H groups in total. The van der Waals surface area contributed by atoms with Gasteiger partial charge in [-0.15, -0.1) is 5.10 Å². The summed E-state index contributed by atoms with van der Waals surface area (Å²) in [5.41, 5.74) is 0. The Labute approximate surface area is 109 Å². The van der Waals surface area contributed by atoms with Crippen molar-refractivity contribution in [1.29, 1.82) is 0 Å². The van der Waals surface area contributed by atoms with Crippen LogP contribution in [-0.2, 0) is 13.1 Å². The van der Waals surface area contributed by atoms with Crippen LogP contribution in [-0.4, -0.2) is 48.8 Å². The standard InChI is InChI=1S/C10H17N5S2/c1-2-8(1)11-5-10-12-13-14-15(10)6-9-7-16-3-4-17-9/h8-9,11H,1-7H2. The molecule has 17 heavy (non-hydrogen) atoms. The minimum absolute atomic E-state index is 0.664. The first kappa shape index (κ1) is 11.8. The van der Waals surface area contributed by atoms with E-state index in [1.54, 1.807) is 0 Å². The SMILES string of the molecule is C1CSC(Cn2nnnc2CNC2CC2)CS1. The van der Waals surface area contributed by atoms with E-state index in [-0.39, 0.29) is 0 Å². The van der Waals surface area contributed by atoms with E-state index in [4.69, 9.17) is 0 Å². The largest absolute Gasteiger partial charge is 0.307 e. The Morgan fingerprint density at radius 3 is 3.06 bits per heavy atom. The molecule has 1 unspecified atom stereocenters. The summed E-state index contributed by atoms with van der Waals surface area (Å²) in [6, 6.07) is 0.708. The normalized spacial score (nSPS) is 25.1. The van der Waals surface area contributed by atoms with E-state index in [9.17, 15) is 0 Å². The van der Waals surface area contributed by atoms with Crippen molar-refractivity contribution in [3.63, 3.8) is 0 Å². The number of hydrogen-bond acceptors (Lipinski definition) is 6. The van der Waals surface area contributed by atoms with Gasteiger partial charge in [-0.25, -0.2) is 4.68 Å². The third kappa shape index (κ3) is 3.35. The minimum Gasteiger partial charge on any atom is -0.307 e. The fourth-order valence-corrected chi connectivity index (χ4v) is 4.49. The second-order valence-electron chi connectivity index (χ2n) is 4.50.